The normalized spacial score (nSPS) is 23.9. The maximum atomic E-state index is 14.4. The van der Waals surface area contributed by atoms with Crippen molar-refractivity contribution in [2.24, 2.45) is 10.8 Å². The van der Waals surface area contributed by atoms with Gasteiger partial charge in [-0.1, -0.05) is 72.8 Å². The predicted octanol–water partition coefficient (Wildman–Crippen LogP) is 3.97. The minimum Gasteiger partial charge on any atom is -0.469 e. The first kappa shape index (κ1) is 52.0. The van der Waals surface area contributed by atoms with E-state index in [2.05, 4.69) is 10.6 Å². The minimum absolute atomic E-state index is 0.00774. The highest BCUT2D eigenvalue weighted by Crippen LogP contribution is 2.62. The Labute approximate surface area is 410 Å². The topological polar surface area (TPSA) is 250 Å². The molecule has 72 heavy (non-hydrogen) atoms. The molecule has 0 saturated carbocycles. The van der Waals surface area contributed by atoms with Crippen molar-refractivity contribution < 1.29 is 85.1 Å². The smallest absolute Gasteiger partial charge is 0.328 e. The van der Waals surface area contributed by atoms with Gasteiger partial charge in [-0.2, -0.15) is 0 Å². The number of ketones is 4. The van der Waals surface area contributed by atoms with Gasteiger partial charge in [0.25, 0.3) is 0 Å². The highest BCUT2D eigenvalue weighted by Gasteiger charge is 2.81. The van der Waals surface area contributed by atoms with Gasteiger partial charge in [0, 0.05) is 34.1 Å². The lowest BCUT2D eigenvalue weighted by molar-refractivity contribution is -0.158. The molecule has 18 nitrogen and oxygen atoms in total. The number of fused-ring (bicyclic) bond motifs is 2. The van der Waals surface area contributed by atoms with E-state index < -0.39 is 129 Å². The molecule has 0 amide bonds. The third-order valence-electron chi connectivity index (χ3n) is 13.9. The number of carbonyl (C=O) groups excluding carboxylic acids is 10. The van der Waals surface area contributed by atoms with Crippen LogP contribution >= 0.6 is 0 Å². The van der Waals surface area contributed by atoms with Crippen molar-refractivity contribution in [2.75, 3.05) is 41.7 Å². The highest BCUT2D eigenvalue weighted by atomic mass is 19.1. The Hall–Kier alpha value is -7.84. The van der Waals surface area contributed by atoms with Crippen LogP contribution in [-0.4, -0.2) is 124 Å². The number of hydrogen-bond acceptors (Lipinski definition) is 18. The Morgan fingerprint density at radius 3 is 1.07 bits per heavy atom. The van der Waals surface area contributed by atoms with Gasteiger partial charge >= 0.3 is 35.8 Å². The maximum Gasteiger partial charge on any atom is 0.328 e. The van der Waals surface area contributed by atoms with Gasteiger partial charge in [-0.25, -0.2) is 18.4 Å². The maximum absolute atomic E-state index is 14.4. The van der Waals surface area contributed by atoms with E-state index in [9.17, 15) is 56.7 Å². The molecule has 2 saturated heterocycles. The largest absolute Gasteiger partial charge is 0.469 e. The first-order valence-corrected chi connectivity index (χ1v) is 22.5. The van der Waals surface area contributed by atoms with Gasteiger partial charge in [-0.3, -0.25) is 49.0 Å². The summed E-state index contributed by atoms with van der Waals surface area (Å²) in [4.78, 5) is 136. The number of rotatable bonds is 12. The zero-order valence-corrected chi connectivity index (χ0v) is 39.7. The van der Waals surface area contributed by atoms with Crippen molar-refractivity contribution in [3.05, 3.63) is 142 Å². The van der Waals surface area contributed by atoms with E-state index in [0.717, 1.165) is 52.7 Å². The molecule has 8 rings (SSSR count). The van der Waals surface area contributed by atoms with Crippen molar-refractivity contribution >= 4 is 58.9 Å². The van der Waals surface area contributed by atoms with Crippen molar-refractivity contribution in [1.29, 1.82) is 0 Å². The Kier molecular flexibility index (Phi) is 14.5. The van der Waals surface area contributed by atoms with Crippen molar-refractivity contribution in [2.45, 2.75) is 61.7 Å². The summed E-state index contributed by atoms with van der Waals surface area (Å²) < 4.78 is 58.9. The molecule has 376 valence electrons. The molecule has 0 bridgehead atoms. The Morgan fingerprint density at radius 1 is 0.486 bits per heavy atom. The van der Waals surface area contributed by atoms with E-state index in [0.29, 0.717) is 0 Å². The zero-order valence-electron chi connectivity index (χ0n) is 39.7. The van der Waals surface area contributed by atoms with E-state index in [1.807, 2.05) is 0 Å². The molecule has 0 aromatic heterocycles. The van der Waals surface area contributed by atoms with Crippen LogP contribution < -0.4 is 10.6 Å². The fraction of sp³-hybridized carbons (Fsp3) is 0.346. The number of hydrogen-bond donors (Lipinski definition) is 2. The van der Waals surface area contributed by atoms with Crippen LogP contribution in [0, 0.1) is 22.5 Å². The lowest BCUT2D eigenvalue weighted by atomic mass is 9.58. The fourth-order valence-electron chi connectivity index (χ4n) is 11.1. The number of benzene rings is 4. The number of nitrogens with one attached hydrogen (secondary N) is 2. The number of esters is 6. The molecule has 2 spiro atoms. The second-order valence-electron chi connectivity index (χ2n) is 17.1. The van der Waals surface area contributed by atoms with E-state index in [1.54, 1.807) is 38.1 Å². The third-order valence-corrected chi connectivity index (χ3v) is 13.9. The monoisotopic (exact) mass is 994 g/mol. The van der Waals surface area contributed by atoms with Crippen molar-refractivity contribution in [3.8, 4) is 0 Å². The van der Waals surface area contributed by atoms with E-state index in [1.165, 1.54) is 48.5 Å². The molecule has 4 aromatic rings. The summed E-state index contributed by atoms with van der Waals surface area (Å²) in [7, 11) is 4.22. The second kappa shape index (κ2) is 20.1. The zero-order chi connectivity index (χ0) is 52.5. The quantitative estimate of drug-likeness (QED) is 0.116. The molecule has 4 aliphatic rings. The van der Waals surface area contributed by atoms with Crippen LogP contribution in [-0.2, 0) is 57.2 Å². The van der Waals surface area contributed by atoms with Crippen LogP contribution in [0.2, 0.25) is 0 Å². The SMILES string of the molecule is CCOC(=O)[C@H]1N[C@@](CC(=O)OC)(C(=O)OC)C2(C(=O)c3ccccc3C2=O)[C@@H]1c1cccc(F)c1.CCOC(=O)[C@H]1N[C@](CC(=O)OC)(C(=O)OC)C2(C(=O)c3ccccc3C2=O)[C@@H]1c1cccc(F)c1. The summed E-state index contributed by atoms with van der Waals surface area (Å²) >= 11 is 0. The Morgan fingerprint density at radius 2 is 0.806 bits per heavy atom. The molecule has 6 atom stereocenters. The third kappa shape index (κ3) is 7.67. The van der Waals surface area contributed by atoms with Crippen LogP contribution in [0.3, 0.4) is 0 Å². The summed E-state index contributed by atoms with van der Waals surface area (Å²) in [6.07, 6.45) is -1.63. The number of halogens is 2. The molecule has 0 radical (unpaired) electrons. The molecular formula is C52H48F2N2O16. The van der Waals surface area contributed by atoms with E-state index >= 15 is 0 Å². The minimum atomic E-state index is -2.39. The summed E-state index contributed by atoms with van der Waals surface area (Å²) in [5, 5.41) is 5.57. The second-order valence-corrected chi connectivity index (χ2v) is 17.1. The Balaban J connectivity index is 0.000000211. The predicted molar refractivity (Wildman–Crippen MR) is 243 cm³/mol. The van der Waals surface area contributed by atoms with Crippen LogP contribution in [0.4, 0.5) is 8.78 Å². The average Bonchev–Trinajstić information content (AvgIpc) is 4.02. The van der Waals surface area contributed by atoms with Gasteiger partial charge in [0.15, 0.2) is 23.1 Å². The van der Waals surface area contributed by atoms with Gasteiger partial charge in [-0.05, 0) is 49.2 Å². The van der Waals surface area contributed by atoms with Gasteiger partial charge in [0.2, 0.25) is 0 Å². The van der Waals surface area contributed by atoms with Crippen LogP contribution in [0.25, 0.3) is 0 Å². The first-order chi connectivity index (χ1) is 34.4. The lowest BCUT2D eigenvalue weighted by Crippen LogP contribution is -2.65. The van der Waals surface area contributed by atoms with Crippen LogP contribution in [0.1, 0.15) is 91.1 Å². The molecule has 2 aliphatic heterocycles. The number of carbonyl (C=O) groups is 10. The first-order valence-electron chi connectivity index (χ1n) is 22.5. The summed E-state index contributed by atoms with van der Waals surface area (Å²) in [5.74, 6) is -13.4. The van der Waals surface area contributed by atoms with Crippen LogP contribution in [0.5, 0.6) is 0 Å². The van der Waals surface area contributed by atoms with E-state index in [4.69, 9.17) is 28.4 Å². The fourth-order valence-corrected chi connectivity index (χ4v) is 11.1. The Bertz CT molecular complexity index is 2670. The average molecular weight is 995 g/mol. The molecule has 2 fully saturated rings. The number of methoxy groups -OCH3 is 4. The molecule has 20 heteroatoms. The number of ether oxygens (including phenoxy) is 6. The summed E-state index contributed by atoms with van der Waals surface area (Å²) in [5.41, 5.74) is -9.29. The standard InChI is InChI=1S/2C26H24FNO8/c2*1-4-36-23(32)20-19(14-8-7-9-15(27)12-14)26(21(30)16-10-5-6-11-17(16)22(26)31)25(28-20,24(33)35-3)13-18(29)34-2/h2*5-12,19-20,28H,4,13H2,1-3H3/t19-,20+,25+;19-,20+,25-/m11/s1. The van der Waals surface area contributed by atoms with Crippen LogP contribution in [0.15, 0.2) is 97.1 Å². The molecule has 2 heterocycles. The van der Waals surface area contributed by atoms with Gasteiger partial charge in [0.05, 0.1) is 54.5 Å². The molecule has 2 aliphatic carbocycles. The number of Topliss-reactive ketones (excluding diaryl/α,β-unsaturated/α-hetero) is 4. The lowest BCUT2D eigenvalue weighted by Gasteiger charge is -2.40. The van der Waals surface area contributed by atoms with Gasteiger partial charge < -0.3 is 28.4 Å². The highest BCUT2D eigenvalue weighted by molar-refractivity contribution is 6.35. The molecule has 4 aromatic carbocycles. The van der Waals surface area contributed by atoms with Gasteiger partial charge in [0.1, 0.15) is 45.6 Å². The summed E-state index contributed by atoms with van der Waals surface area (Å²) in [6, 6.07) is 19.0. The molecule has 0 unspecified atom stereocenters. The molecular weight excluding hydrogens is 947 g/mol. The van der Waals surface area contributed by atoms with E-state index in [-0.39, 0.29) is 46.6 Å². The molecule has 2 N–H and O–H groups in total. The summed E-state index contributed by atoms with van der Waals surface area (Å²) in [6.45, 7) is 3.02. The van der Waals surface area contributed by atoms with Crippen molar-refractivity contribution in [3.63, 3.8) is 0 Å². The van der Waals surface area contributed by atoms with Crippen molar-refractivity contribution in [1.82, 2.24) is 10.6 Å². The van der Waals surface area contributed by atoms with Gasteiger partial charge in [-0.15, -0.1) is 0 Å².